The van der Waals surface area contributed by atoms with Crippen molar-refractivity contribution in [1.29, 1.82) is 0 Å². The molecule has 1 aromatic carbocycles. The molecule has 18 heavy (non-hydrogen) atoms. The lowest BCUT2D eigenvalue weighted by molar-refractivity contribution is 0.726. The van der Waals surface area contributed by atoms with E-state index >= 15 is 0 Å². The van der Waals surface area contributed by atoms with Crippen molar-refractivity contribution in [3.63, 3.8) is 0 Å². The molecule has 0 aliphatic carbocycles. The summed E-state index contributed by atoms with van der Waals surface area (Å²) in [7, 11) is 1.88. The summed E-state index contributed by atoms with van der Waals surface area (Å²) in [5, 5.41) is 13.2. The Morgan fingerprint density at radius 1 is 1.06 bits per heavy atom. The fourth-order valence-electron chi connectivity index (χ4n) is 1.82. The van der Waals surface area contributed by atoms with Gasteiger partial charge in [0.25, 0.3) is 0 Å². The van der Waals surface area contributed by atoms with Gasteiger partial charge in [-0.25, -0.2) is 0 Å². The number of benzene rings is 1. The van der Waals surface area contributed by atoms with E-state index in [0.29, 0.717) is 0 Å². The largest absolute Gasteiger partial charge is 0.363 e. The molecule has 2 aromatic rings. The van der Waals surface area contributed by atoms with Gasteiger partial charge < -0.3 is 5.32 Å². The first-order chi connectivity index (χ1) is 8.78. The second-order valence-corrected chi connectivity index (χ2v) is 5.51. The van der Waals surface area contributed by atoms with E-state index in [0.717, 1.165) is 23.0 Å². The minimum absolute atomic E-state index is 0.906. The molecule has 0 radical (unpaired) electrons. The maximum Gasteiger partial charge on any atom is 0.205 e. The molecule has 2 rings (SSSR count). The molecule has 3 nitrogen and oxygen atoms in total. The summed E-state index contributed by atoms with van der Waals surface area (Å²) < 4.78 is 0. The van der Waals surface area contributed by atoms with E-state index in [1.165, 1.54) is 24.0 Å². The summed E-state index contributed by atoms with van der Waals surface area (Å²) in [4.78, 5) is 0. The number of anilines is 1. The van der Waals surface area contributed by atoms with Crippen molar-refractivity contribution in [3.05, 3.63) is 40.4 Å². The van der Waals surface area contributed by atoms with Gasteiger partial charge in [0.1, 0.15) is 5.01 Å². The number of aromatic nitrogens is 2. The Labute approximate surface area is 112 Å². The molecule has 1 N–H and O–H groups in total. The third-order valence-corrected chi connectivity index (χ3v) is 3.91. The average molecular weight is 261 g/mol. The molecular weight excluding hydrogens is 242 g/mol. The second kappa shape index (κ2) is 6.50. The van der Waals surface area contributed by atoms with Crippen LogP contribution in [0.4, 0.5) is 5.13 Å². The smallest absolute Gasteiger partial charge is 0.205 e. The molecule has 0 spiro atoms. The van der Waals surface area contributed by atoms with Crippen LogP contribution in [0.5, 0.6) is 0 Å². The van der Waals surface area contributed by atoms with E-state index in [1.807, 2.05) is 7.05 Å². The fraction of sp³-hybridized carbons (Fsp3) is 0.429. The van der Waals surface area contributed by atoms with Gasteiger partial charge in [0.15, 0.2) is 0 Å². The molecule has 0 aliphatic rings. The number of aryl methyl sites for hydroxylation is 3. The van der Waals surface area contributed by atoms with E-state index in [1.54, 1.807) is 11.3 Å². The van der Waals surface area contributed by atoms with Gasteiger partial charge in [0.05, 0.1) is 0 Å². The van der Waals surface area contributed by atoms with E-state index in [2.05, 4.69) is 46.7 Å². The van der Waals surface area contributed by atoms with Crippen LogP contribution in [0.1, 0.15) is 29.0 Å². The average Bonchev–Trinajstić information content (AvgIpc) is 2.85. The predicted octanol–water partition coefficient (Wildman–Crippen LogP) is 3.45. The predicted molar refractivity (Wildman–Crippen MR) is 77.3 cm³/mol. The summed E-state index contributed by atoms with van der Waals surface area (Å²) in [5.74, 6) is 0. The summed E-state index contributed by atoms with van der Waals surface area (Å²) in [6, 6.07) is 8.80. The lowest BCUT2D eigenvalue weighted by Gasteiger charge is -2.01. The zero-order valence-electron chi connectivity index (χ0n) is 10.9. The van der Waals surface area contributed by atoms with Crippen molar-refractivity contribution in [2.75, 3.05) is 12.4 Å². The Hall–Kier alpha value is -1.42. The maximum atomic E-state index is 4.15. The molecule has 0 saturated heterocycles. The highest BCUT2D eigenvalue weighted by atomic mass is 32.1. The van der Waals surface area contributed by atoms with Crippen LogP contribution in [0.25, 0.3) is 0 Å². The van der Waals surface area contributed by atoms with E-state index < -0.39 is 0 Å². The SMILES string of the molecule is CNc1nnc(CCCCc2ccc(C)cc2)s1. The summed E-state index contributed by atoms with van der Waals surface area (Å²) in [6.45, 7) is 2.12. The summed E-state index contributed by atoms with van der Waals surface area (Å²) >= 11 is 1.65. The van der Waals surface area contributed by atoms with Crippen LogP contribution in [0.15, 0.2) is 24.3 Å². The van der Waals surface area contributed by atoms with Crippen LogP contribution in [0.2, 0.25) is 0 Å². The number of nitrogens with one attached hydrogen (secondary N) is 1. The highest BCUT2D eigenvalue weighted by Crippen LogP contribution is 2.17. The fourth-order valence-corrected chi connectivity index (χ4v) is 2.55. The number of rotatable bonds is 6. The third-order valence-electron chi connectivity index (χ3n) is 2.91. The molecular formula is C14H19N3S. The number of nitrogens with zero attached hydrogens (tertiary/aromatic N) is 2. The van der Waals surface area contributed by atoms with Gasteiger partial charge in [-0.15, -0.1) is 10.2 Å². The minimum Gasteiger partial charge on any atom is -0.363 e. The zero-order valence-corrected chi connectivity index (χ0v) is 11.8. The van der Waals surface area contributed by atoms with Crippen LogP contribution in [0, 0.1) is 6.92 Å². The highest BCUT2D eigenvalue weighted by Gasteiger charge is 2.02. The van der Waals surface area contributed by atoms with Gasteiger partial charge in [-0.3, -0.25) is 0 Å². The first kappa shape index (κ1) is 13.0. The molecule has 0 atom stereocenters. The van der Waals surface area contributed by atoms with Gasteiger partial charge >= 0.3 is 0 Å². The molecule has 0 amide bonds. The van der Waals surface area contributed by atoms with E-state index in [4.69, 9.17) is 0 Å². The van der Waals surface area contributed by atoms with Crippen LogP contribution in [-0.4, -0.2) is 17.2 Å². The molecule has 0 fully saturated rings. The molecule has 0 bridgehead atoms. The van der Waals surface area contributed by atoms with Crippen molar-refractivity contribution in [2.45, 2.75) is 32.6 Å². The molecule has 4 heteroatoms. The van der Waals surface area contributed by atoms with Gasteiger partial charge in [0, 0.05) is 13.5 Å². The monoisotopic (exact) mass is 261 g/mol. The van der Waals surface area contributed by atoms with Crippen LogP contribution in [0.3, 0.4) is 0 Å². The Morgan fingerprint density at radius 3 is 2.44 bits per heavy atom. The van der Waals surface area contributed by atoms with Crippen LogP contribution < -0.4 is 5.32 Å². The lowest BCUT2D eigenvalue weighted by Crippen LogP contribution is -1.89. The van der Waals surface area contributed by atoms with Crippen LogP contribution >= 0.6 is 11.3 Å². The zero-order chi connectivity index (χ0) is 12.8. The number of hydrogen-bond acceptors (Lipinski definition) is 4. The van der Waals surface area contributed by atoms with E-state index in [9.17, 15) is 0 Å². The maximum absolute atomic E-state index is 4.15. The van der Waals surface area contributed by atoms with Gasteiger partial charge in [-0.2, -0.15) is 0 Å². The Morgan fingerprint density at radius 2 is 1.78 bits per heavy atom. The lowest BCUT2D eigenvalue weighted by atomic mass is 10.1. The van der Waals surface area contributed by atoms with Crippen molar-refractivity contribution >= 4 is 16.5 Å². The Kier molecular flexibility index (Phi) is 4.70. The Bertz CT molecular complexity index is 476. The van der Waals surface area contributed by atoms with Crippen molar-refractivity contribution in [3.8, 4) is 0 Å². The van der Waals surface area contributed by atoms with Gasteiger partial charge in [-0.05, 0) is 31.7 Å². The summed E-state index contributed by atoms with van der Waals surface area (Å²) in [6.07, 6.45) is 4.56. The topological polar surface area (TPSA) is 37.8 Å². The molecule has 0 aliphatic heterocycles. The normalized spacial score (nSPS) is 10.6. The first-order valence-corrected chi connectivity index (χ1v) is 7.15. The quantitative estimate of drug-likeness (QED) is 0.809. The molecule has 1 aromatic heterocycles. The van der Waals surface area contributed by atoms with Crippen molar-refractivity contribution in [2.24, 2.45) is 0 Å². The van der Waals surface area contributed by atoms with Gasteiger partial charge in [0.2, 0.25) is 5.13 Å². The molecule has 0 saturated carbocycles. The standard InChI is InChI=1S/C14H19N3S/c1-11-7-9-12(10-8-11)5-3-4-6-13-16-17-14(15-2)18-13/h7-10H,3-6H2,1-2H3,(H,15,17). The number of unbranched alkanes of at least 4 members (excludes halogenated alkanes) is 1. The molecule has 1 heterocycles. The first-order valence-electron chi connectivity index (χ1n) is 6.33. The minimum atomic E-state index is 0.906. The summed E-state index contributed by atoms with van der Waals surface area (Å²) in [5.41, 5.74) is 2.75. The van der Waals surface area contributed by atoms with Crippen molar-refractivity contribution in [1.82, 2.24) is 10.2 Å². The Balaban J connectivity index is 1.71. The van der Waals surface area contributed by atoms with E-state index in [-0.39, 0.29) is 0 Å². The van der Waals surface area contributed by atoms with Gasteiger partial charge in [-0.1, -0.05) is 41.2 Å². The van der Waals surface area contributed by atoms with Crippen LogP contribution in [-0.2, 0) is 12.8 Å². The number of hydrogen-bond donors (Lipinski definition) is 1. The molecule has 96 valence electrons. The second-order valence-electron chi connectivity index (χ2n) is 4.44. The van der Waals surface area contributed by atoms with Crippen molar-refractivity contribution < 1.29 is 0 Å². The molecule has 0 unspecified atom stereocenters. The highest BCUT2D eigenvalue weighted by molar-refractivity contribution is 7.15. The third kappa shape index (κ3) is 3.81.